The summed E-state index contributed by atoms with van der Waals surface area (Å²) in [5.41, 5.74) is 1.18. The number of rotatable bonds is 9. The number of hydrogen-bond acceptors (Lipinski definition) is 9. The molecule has 1 N–H and O–H groups in total. The van der Waals surface area contributed by atoms with Crippen LogP contribution < -0.4 is 9.64 Å². The minimum Gasteiger partial charge on any atom is -0.507 e. The lowest BCUT2D eigenvalue weighted by molar-refractivity contribution is -0.132. The normalized spacial score (nSPS) is 16.7. The van der Waals surface area contributed by atoms with Crippen LogP contribution in [0.2, 0.25) is 0 Å². The summed E-state index contributed by atoms with van der Waals surface area (Å²) in [6.45, 7) is 6.10. The highest BCUT2D eigenvalue weighted by Crippen LogP contribution is 2.44. The molecule has 4 rings (SSSR count). The highest BCUT2D eigenvalue weighted by Gasteiger charge is 2.48. The molecule has 37 heavy (non-hydrogen) atoms. The molecule has 2 aromatic heterocycles. The number of benzene rings is 1. The number of hydrogen-bond donors (Lipinski definition) is 1. The minimum atomic E-state index is -0.997. The van der Waals surface area contributed by atoms with Crippen molar-refractivity contribution in [1.29, 1.82) is 0 Å². The lowest BCUT2D eigenvalue weighted by Crippen LogP contribution is -2.29. The molecule has 1 amide bonds. The number of aliphatic hydroxyl groups is 1. The monoisotopic (exact) mass is 521 g/mol. The second-order valence-corrected chi connectivity index (χ2v) is 9.29. The Kier molecular flexibility index (Phi) is 7.98. The van der Waals surface area contributed by atoms with E-state index in [9.17, 15) is 19.5 Å². The number of aromatic nitrogens is 2. The fourth-order valence-electron chi connectivity index (χ4n) is 3.99. The zero-order valence-corrected chi connectivity index (χ0v) is 21.6. The molecular weight excluding hydrogens is 494 g/mol. The van der Waals surface area contributed by atoms with E-state index in [0.29, 0.717) is 29.2 Å². The maximum atomic E-state index is 13.4. The number of nitrogens with zero attached hydrogens (tertiary/aromatic N) is 3. The number of aryl methyl sites for hydroxylation is 1. The SMILES string of the molecule is CCCCOc1cccc(C2C(=C(O)c3ccncc3)C(=O)C(=O)N2c2nc(C)c(C(=O)OCC)s2)c1. The number of ether oxygens (including phenoxy) is 2. The van der Waals surface area contributed by atoms with E-state index in [-0.39, 0.29) is 27.9 Å². The predicted molar refractivity (Wildman–Crippen MR) is 139 cm³/mol. The number of aliphatic hydroxyl groups excluding tert-OH is 1. The van der Waals surface area contributed by atoms with Gasteiger partial charge in [0.05, 0.1) is 30.5 Å². The summed E-state index contributed by atoms with van der Waals surface area (Å²) in [6.07, 6.45) is 4.81. The summed E-state index contributed by atoms with van der Waals surface area (Å²) in [5, 5.41) is 11.3. The van der Waals surface area contributed by atoms with Gasteiger partial charge in [-0.25, -0.2) is 9.78 Å². The van der Waals surface area contributed by atoms with Gasteiger partial charge in [-0.2, -0.15) is 0 Å². The second kappa shape index (κ2) is 11.3. The van der Waals surface area contributed by atoms with Crippen molar-refractivity contribution >= 4 is 39.9 Å². The molecule has 1 fully saturated rings. The molecule has 0 saturated carbocycles. The molecule has 1 aromatic carbocycles. The van der Waals surface area contributed by atoms with Gasteiger partial charge in [0.15, 0.2) is 5.13 Å². The minimum absolute atomic E-state index is 0.0903. The van der Waals surface area contributed by atoms with Crippen LogP contribution in [0.4, 0.5) is 5.13 Å². The maximum absolute atomic E-state index is 13.4. The average molecular weight is 522 g/mol. The summed E-state index contributed by atoms with van der Waals surface area (Å²) < 4.78 is 11.0. The molecule has 1 saturated heterocycles. The van der Waals surface area contributed by atoms with E-state index in [4.69, 9.17) is 9.47 Å². The quantitative estimate of drug-likeness (QED) is 0.140. The molecular formula is C27H27N3O6S. The Morgan fingerprint density at radius 3 is 2.62 bits per heavy atom. The molecule has 1 aliphatic rings. The van der Waals surface area contributed by atoms with Gasteiger partial charge < -0.3 is 14.6 Å². The van der Waals surface area contributed by atoms with Crippen molar-refractivity contribution in [3.05, 3.63) is 76.1 Å². The molecule has 1 aliphatic heterocycles. The van der Waals surface area contributed by atoms with Crippen LogP contribution in [0.15, 0.2) is 54.4 Å². The van der Waals surface area contributed by atoms with Crippen LogP contribution >= 0.6 is 11.3 Å². The van der Waals surface area contributed by atoms with Crippen molar-refractivity contribution in [3.63, 3.8) is 0 Å². The highest BCUT2D eigenvalue weighted by molar-refractivity contribution is 7.17. The van der Waals surface area contributed by atoms with Crippen molar-refractivity contribution in [2.24, 2.45) is 0 Å². The Labute approximate surface area is 218 Å². The van der Waals surface area contributed by atoms with Gasteiger partial charge in [0, 0.05) is 18.0 Å². The van der Waals surface area contributed by atoms with Crippen LogP contribution in [0.3, 0.4) is 0 Å². The van der Waals surface area contributed by atoms with Gasteiger partial charge in [0.1, 0.15) is 16.4 Å². The highest BCUT2D eigenvalue weighted by atomic mass is 32.1. The molecule has 1 atom stereocenters. The molecule has 192 valence electrons. The van der Waals surface area contributed by atoms with Crippen molar-refractivity contribution in [2.75, 3.05) is 18.1 Å². The molecule has 10 heteroatoms. The van der Waals surface area contributed by atoms with Gasteiger partial charge >= 0.3 is 11.9 Å². The summed E-state index contributed by atoms with van der Waals surface area (Å²) in [5.74, 6) is -2.03. The van der Waals surface area contributed by atoms with Gasteiger partial charge in [0.25, 0.3) is 5.78 Å². The number of pyridine rings is 1. The predicted octanol–water partition coefficient (Wildman–Crippen LogP) is 4.83. The Balaban J connectivity index is 1.87. The van der Waals surface area contributed by atoms with Gasteiger partial charge in [-0.05, 0) is 50.1 Å². The third-order valence-corrected chi connectivity index (χ3v) is 6.93. The fraction of sp³-hybridized carbons (Fsp3) is 0.296. The zero-order valence-electron chi connectivity index (χ0n) is 20.8. The lowest BCUT2D eigenvalue weighted by atomic mass is 9.95. The molecule has 0 bridgehead atoms. The third kappa shape index (κ3) is 5.24. The Hall–Kier alpha value is -4.05. The molecule has 3 heterocycles. The average Bonchev–Trinajstić information content (AvgIpc) is 3.41. The van der Waals surface area contributed by atoms with E-state index in [1.54, 1.807) is 50.2 Å². The number of esters is 1. The largest absolute Gasteiger partial charge is 0.507 e. The lowest BCUT2D eigenvalue weighted by Gasteiger charge is -2.23. The van der Waals surface area contributed by atoms with Crippen LogP contribution in [0.25, 0.3) is 5.76 Å². The van der Waals surface area contributed by atoms with E-state index < -0.39 is 23.7 Å². The number of anilines is 1. The molecule has 3 aromatic rings. The van der Waals surface area contributed by atoms with E-state index >= 15 is 0 Å². The molecule has 0 spiro atoms. The van der Waals surface area contributed by atoms with Gasteiger partial charge in [-0.1, -0.05) is 36.8 Å². The molecule has 0 radical (unpaired) electrons. The number of amides is 1. The van der Waals surface area contributed by atoms with Crippen LogP contribution in [0.1, 0.15) is 59.2 Å². The first-order valence-electron chi connectivity index (χ1n) is 12.0. The summed E-state index contributed by atoms with van der Waals surface area (Å²) >= 11 is 0.961. The third-order valence-electron chi connectivity index (χ3n) is 5.79. The topological polar surface area (TPSA) is 119 Å². The number of unbranched alkanes of at least 4 members (excludes halogenated alkanes) is 1. The smallest absolute Gasteiger partial charge is 0.350 e. The molecule has 0 aliphatic carbocycles. The number of Topliss-reactive ketones (excluding diaryl/α,β-unsaturated/α-hetero) is 1. The van der Waals surface area contributed by atoms with Crippen LogP contribution in [-0.2, 0) is 14.3 Å². The number of carbonyl (C=O) groups is 3. The first-order chi connectivity index (χ1) is 17.9. The van der Waals surface area contributed by atoms with Crippen molar-refractivity contribution in [3.8, 4) is 5.75 Å². The van der Waals surface area contributed by atoms with E-state index in [0.717, 1.165) is 24.2 Å². The molecule has 9 nitrogen and oxygen atoms in total. The number of ketones is 1. The fourth-order valence-corrected chi connectivity index (χ4v) is 4.98. The molecule has 1 unspecified atom stereocenters. The number of carbonyl (C=O) groups excluding carboxylic acids is 3. The van der Waals surface area contributed by atoms with Gasteiger partial charge in [-0.15, -0.1) is 0 Å². The first-order valence-corrected chi connectivity index (χ1v) is 12.8. The maximum Gasteiger partial charge on any atom is 0.350 e. The van der Waals surface area contributed by atoms with Gasteiger partial charge in [-0.3, -0.25) is 19.5 Å². The van der Waals surface area contributed by atoms with E-state index in [1.165, 1.54) is 17.3 Å². The first kappa shape index (κ1) is 26.0. The Bertz CT molecular complexity index is 1350. The van der Waals surface area contributed by atoms with E-state index in [2.05, 4.69) is 16.9 Å². The Morgan fingerprint density at radius 2 is 1.92 bits per heavy atom. The van der Waals surface area contributed by atoms with Crippen LogP contribution in [-0.4, -0.2) is 45.9 Å². The van der Waals surface area contributed by atoms with Gasteiger partial charge in [0.2, 0.25) is 0 Å². The second-order valence-electron chi connectivity index (χ2n) is 8.31. The van der Waals surface area contributed by atoms with Crippen molar-refractivity contribution < 1.29 is 29.0 Å². The van der Waals surface area contributed by atoms with E-state index in [1.807, 2.05) is 0 Å². The standard InChI is InChI=1S/C27H27N3O6S/c1-4-6-14-36-19-9-7-8-18(15-19)21-20(22(31)17-10-12-28-13-11-17)23(32)25(33)30(21)27-29-16(3)24(37-27)26(34)35-5-2/h7-13,15,21,31H,4-6,14H2,1-3H3. The van der Waals surface area contributed by atoms with Crippen LogP contribution in [0.5, 0.6) is 5.75 Å². The zero-order chi connectivity index (χ0) is 26.5. The van der Waals surface area contributed by atoms with Crippen LogP contribution in [0, 0.1) is 6.92 Å². The number of thiazole rings is 1. The Morgan fingerprint density at radius 1 is 1.16 bits per heavy atom. The summed E-state index contributed by atoms with van der Waals surface area (Å²) in [4.78, 5) is 49.0. The summed E-state index contributed by atoms with van der Waals surface area (Å²) in [6, 6.07) is 9.16. The van der Waals surface area contributed by atoms with Crippen molar-refractivity contribution in [1.82, 2.24) is 9.97 Å². The summed E-state index contributed by atoms with van der Waals surface area (Å²) in [7, 11) is 0. The van der Waals surface area contributed by atoms with Crippen molar-refractivity contribution in [2.45, 2.75) is 39.7 Å².